The van der Waals surface area contributed by atoms with E-state index < -0.39 is 29.1 Å². The second kappa shape index (κ2) is 5.17. The Bertz CT molecular complexity index is 552. The fourth-order valence-electron chi connectivity index (χ4n) is 2.92. The number of aryl methyl sites for hydroxylation is 1. The van der Waals surface area contributed by atoms with Gasteiger partial charge in [0.25, 0.3) is 5.79 Å². The monoisotopic (exact) mass is 290 g/mol. The average Bonchev–Trinajstić information content (AvgIpc) is 2.35. The third kappa shape index (κ3) is 2.80. The van der Waals surface area contributed by atoms with Gasteiger partial charge in [0.05, 0.1) is 0 Å². The number of benzene rings is 1. The van der Waals surface area contributed by atoms with E-state index in [2.05, 4.69) is 6.92 Å². The smallest absolute Gasteiger partial charge is 0.324 e. The summed E-state index contributed by atoms with van der Waals surface area (Å²) < 4.78 is 10.5. The molecule has 1 aromatic carbocycles. The molecular weight excluding hydrogens is 268 g/mol. The molecule has 0 aliphatic carbocycles. The summed E-state index contributed by atoms with van der Waals surface area (Å²) in [6, 6.07) is 7.85. The molecule has 4 heteroatoms. The van der Waals surface area contributed by atoms with E-state index in [1.165, 1.54) is 0 Å². The minimum Gasteiger partial charge on any atom is -0.422 e. The van der Waals surface area contributed by atoms with Crippen molar-refractivity contribution < 1.29 is 19.1 Å². The molecule has 0 unspecified atom stereocenters. The second-order valence-corrected chi connectivity index (χ2v) is 6.41. The number of cyclic esters (lactones) is 2. The zero-order valence-corrected chi connectivity index (χ0v) is 13.2. The molecule has 1 saturated heterocycles. The van der Waals surface area contributed by atoms with Crippen molar-refractivity contribution in [2.45, 2.75) is 52.2 Å². The Morgan fingerprint density at radius 2 is 1.62 bits per heavy atom. The fourth-order valence-corrected chi connectivity index (χ4v) is 2.92. The molecular formula is C17H22O4. The van der Waals surface area contributed by atoms with Crippen molar-refractivity contribution >= 4 is 11.9 Å². The molecule has 0 aromatic heterocycles. The Morgan fingerprint density at radius 3 is 2.14 bits per heavy atom. The van der Waals surface area contributed by atoms with Gasteiger partial charge in [0.1, 0.15) is 0 Å². The van der Waals surface area contributed by atoms with Gasteiger partial charge in [-0.05, 0) is 17.5 Å². The molecule has 0 bridgehead atoms. The van der Waals surface area contributed by atoms with Crippen molar-refractivity contribution in [3.63, 3.8) is 0 Å². The quantitative estimate of drug-likeness (QED) is 0.634. The lowest BCUT2D eigenvalue weighted by Crippen LogP contribution is -2.52. The van der Waals surface area contributed by atoms with Gasteiger partial charge in [0.2, 0.25) is 0 Å². The Balaban J connectivity index is 2.44. The van der Waals surface area contributed by atoms with Crippen molar-refractivity contribution in [1.82, 2.24) is 0 Å². The van der Waals surface area contributed by atoms with E-state index in [-0.39, 0.29) is 0 Å². The molecule has 1 aliphatic rings. The summed E-state index contributed by atoms with van der Waals surface area (Å²) in [5.41, 5.74) is 1.41. The highest BCUT2D eigenvalue weighted by Gasteiger charge is 2.51. The number of ether oxygens (including phenoxy) is 2. The summed E-state index contributed by atoms with van der Waals surface area (Å²) in [5.74, 6) is -3.18. The van der Waals surface area contributed by atoms with E-state index in [9.17, 15) is 9.59 Å². The summed E-state index contributed by atoms with van der Waals surface area (Å²) in [4.78, 5) is 24.6. The van der Waals surface area contributed by atoms with Crippen LogP contribution in [0.15, 0.2) is 24.3 Å². The van der Waals surface area contributed by atoms with E-state index in [0.29, 0.717) is 0 Å². The molecule has 21 heavy (non-hydrogen) atoms. The average molecular weight is 290 g/mol. The normalized spacial score (nSPS) is 19.1. The number of hydrogen-bond donors (Lipinski definition) is 0. The van der Waals surface area contributed by atoms with E-state index in [4.69, 9.17) is 9.47 Å². The molecule has 0 N–H and O–H groups in total. The first-order chi connectivity index (χ1) is 9.69. The maximum atomic E-state index is 12.3. The van der Waals surface area contributed by atoms with Gasteiger partial charge in [-0.2, -0.15) is 0 Å². The molecule has 1 aliphatic heterocycles. The predicted molar refractivity (Wildman–Crippen MR) is 78.6 cm³/mol. The van der Waals surface area contributed by atoms with Gasteiger partial charge < -0.3 is 9.47 Å². The Labute approximate surface area is 125 Å². The molecule has 2 rings (SSSR count). The Morgan fingerprint density at radius 1 is 1.10 bits per heavy atom. The maximum Gasteiger partial charge on any atom is 0.324 e. The summed E-state index contributed by atoms with van der Waals surface area (Å²) in [5, 5.41) is 0. The highest BCUT2D eigenvalue weighted by atomic mass is 16.7. The van der Waals surface area contributed by atoms with Crippen LogP contribution in [0.5, 0.6) is 0 Å². The Kier molecular flexibility index (Phi) is 3.83. The van der Waals surface area contributed by atoms with Crippen LogP contribution < -0.4 is 0 Å². The third-order valence-electron chi connectivity index (χ3n) is 3.98. The summed E-state index contributed by atoms with van der Waals surface area (Å²) in [7, 11) is 0. The highest BCUT2D eigenvalue weighted by Crippen LogP contribution is 2.39. The van der Waals surface area contributed by atoms with Gasteiger partial charge in [0, 0.05) is 19.3 Å². The first-order valence-corrected chi connectivity index (χ1v) is 7.23. The van der Waals surface area contributed by atoms with Crippen LogP contribution in [0, 0.1) is 5.92 Å². The van der Waals surface area contributed by atoms with E-state index in [0.717, 1.165) is 17.5 Å². The number of carbonyl (C=O) groups is 2. The van der Waals surface area contributed by atoms with Gasteiger partial charge >= 0.3 is 11.9 Å². The largest absolute Gasteiger partial charge is 0.422 e. The summed E-state index contributed by atoms with van der Waals surface area (Å²) >= 11 is 0. The van der Waals surface area contributed by atoms with Crippen molar-refractivity contribution in [3.8, 4) is 0 Å². The zero-order valence-electron chi connectivity index (χ0n) is 13.2. The molecule has 0 amide bonds. The van der Waals surface area contributed by atoms with Crippen LogP contribution in [0.3, 0.4) is 0 Å². The predicted octanol–water partition coefficient (Wildman–Crippen LogP) is 2.98. The van der Waals surface area contributed by atoms with Crippen LogP contribution in [-0.4, -0.2) is 17.7 Å². The molecule has 1 heterocycles. The molecule has 0 spiro atoms. The minimum absolute atomic E-state index is 0.521. The Hall–Kier alpha value is -1.84. The van der Waals surface area contributed by atoms with Crippen molar-refractivity contribution in [2.24, 2.45) is 5.92 Å². The van der Waals surface area contributed by atoms with E-state index in [1.807, 2.05) is 38.1 Å². The van der Waals surface area contributed by atoms with Crippen LogP contribution in [0.1, 0.15) is 45.7 Å². The molecule has 0 saturated carbocycles. The first kappa shape index (κ1) is 15.5. The number of carbonyl (C=O) groups excluding carboxylic acids is 2. The zero-order chi connectivity index (χ0) is 15.8. The highest BCUT2D eigenvalue weighted by molar-refractivity contribution is 5.98. The van der Waals surface area contributed by atoms with Crippen LogP contribution in [0.25, 0.3) is 0 Å². The SMILES string of the molecule is CCc1ccccc1C(C)(C)C1C(=O)OC(C)(C)OC1=O. The van der Waals surface area contributed by atoms with Gasteiger partial charge in [-0.1, -0.05) is 45.0 Å². The summed E-state index contributed by atoms with van der Waals surface area (Å²) in [6.45, 7) is 8.94. The van der Waals surface area contributed by atoms with Crippen LogP contribution in [-0.2, 0) is 30.9 Å². The second-order valence-electron chi connectivity index (χ2n) is 6.41. The fraction of sp³-hybridized carbons (Fsp3) is 0.529. The molecule has 0 atom stereocenters. The molecule has 1 aromatic rings. The van der Waals surface area contributed by atoms with Crippen LogP contribution in [0.2, 0.25) is 0 Å². The van der Waals surface area contributed by atoms with Gasteiger partial charge in [-0.3, -0.25) is 9.59 Å². The van der Waals surface area contributed by atoms with Gasteiger partial charge in [0.15, 0.2) is 5.92 Å². The molecule has 1 fully saturated rings. The van der Waals surface area contributed by atoms with Crippen molar-refractivity contribution in [1.29, 1.82) is 0 Å². The number of hydrogen-bond acceptors (Lipinski definition) is 4. The topological polar surface area (TPSA) is 52.6 Å². The van der Waals surface area contributed by atoms with E-state index in [1.54, 1.807) is 13.8 Å². The molecule has 4 nitrogen and oxygen atoms in total. The maximum absolute atomic E-state index is 12.3. The van der Waals surface area contributed by atoms with E-state index >= 15 is 0 Å². The molecule has 114 valence electrons. The lowest BCUT2D eigenvalue weighted by atomic mass is 9.71. The van der Waals surface area contributed by atoms with Gasteiger partial charge in [-0.15, -0.1) is 0 Å². The van der Waals surface area contributed by atoms with Crippen molar-refractivity contribution in [2.75, 3.05) is 0 Å². The first-order valence-electron chi connectivity index (χ1n) is 7.23. The van der Waals surface area contributed by atoms with Crippen LogP contribution in [0.4, 0.5) is 0 Å². The molecule has 0 radical (unpaired) electrons. The number of esters is 2. The van der Waals surface area contributed by atoms with Gasteiger partial charge in [-0.25, -0.2) is 0 Å². The third-order valence-corrected chi connectivity index (χ3v) is 3.98. The lowest BCUT2D eigenvalue weighted by molar-refractivity contribution is -0.243. The lowest BCUT2D eigenvalue weighted by Gasteiger charge is -2.40. The minimum atomic E-state index is -1.19. The number of rotatable bonds is 3. The standard InChI is InChI=1S/C17H22O4/c1-6-11-9-7-8-10-12(11)16(2,3)13-14(18)20-17(4,5)21-15(13)19/h7-10,13H,6H2,1-5H3. The van der Waals surface area contributed by atoms with Crippen LogP contribution >= 0.6 is 0 Å². The van der Waals surface area contributed by atoms with Crippen molar-refractivity contribution in [3.05, 3.63) is 35.4 Å². The summed E-state index contributed by atoms with van der Waals surface area (Å²) in [6.07, 6.45) is 0.835.